The number of nitrogens with zero attached hydrogens (tertiary/aromatic N) is 1. The van der Waals surface area contributed by atoms with Crippen LogP contribution in [0.15, 0.2) is 91.0 Å². The number of ether oxygens (including phenoxy) is 3. The normalized spacial score (nSPS) is 12.6. The number of benzene rings is 2. The van der Waals surface area contributed by atoms with Crippen molar-refractivity contribution in [3.8, 4) is 0 Å². The fourth-order valence-electron chi connectivity index (χ4n) is 7.65. The van der Waals surface area contributed by atoms with Crippen LogP contribution in [0.25, 0.3) is 0 Å². The molecule has 1 amide bonds. The topological polar surface area (TPSA) is 128 Å². The standard InChI is InChI=1S/C24H43NO4.C22H40O3.C8H9B.C7H8.C2H5NO.4C2H6/c1-11-12-22(15-28-20(8)18(6)13-16(2)3)25(10)23(14-17(4)5)24(27)29-21(9)19(7)26;1-9-11-16(5)22(24)17(6)12-13-20(14-15(3)4)18(7)25-19(8)21(23)10-2;1-7-2-4-8(6-9)5-3-7;1-7-5-3-2-4-6-7;1-3-2-4;4*1-2/h12,16-18,21,23H,8,11,13-15H2,1-7,9-10H3;15-17,19-20H,7,9-14H2,1-6,8H3;2-5H,6H2,1H3;2-6H,1H3;2H,1H3,(H,3,4);4*1-2H3/b22-12-;;;;;;;;. The van der Waals surface area contributed by atoms with Gasteiger partial charge in [-0.25, -0.2) is 4.79 Å². The number of nitrogens with one attached hydrogen (secondary N) is 1. The molecule has 10 nitrogen and oxygen atoms in total. The van der Waals surface area contributed by atoms with E-state index in [4.69, 9.17) is 26.9 Å². The number of hydrogen-bond acceptors (Lipinski definition) is 9. The van der Waals surface area contributed by atoms with E-state index in [0.717, 1.165) is 56.4 Å². The maximum Gasteiger partial charge on any atom is 0.329 e. The summed E-state index contributed by atoms with van der Waals surface area (Å²) in [4.78, 5) is 59.5. The molecule has 0 aliphatic carbocycles. The van der Waals surface area contributed by atoms with Gasteiger partial charge in [0, 0.05) is 49.9 Å². The van der Waals surface area contributed by atoms with Crippen LogP contribution in [0.4, 0.5) is 0 Å². The zero-order valence-electron chi connectivity index (χ0n) is 58.1. The van der Waals surface area contributed by atoms with E-state index in [0.29, 0.717) is 61.5 Å². The predicted molar refractivity (Wildman–Crippen MR) is 357 cm³/mol. The third-order valence-electron chi connectivity index (χ3n) is 12.4. The highest BCUT2D eigenvalue weighted by atomic mass is 16.5. The summed E-state index contributed by atoms with van der Waals surface area (Å²) < 4.78 is 17.2. The Hall–Kier alpha value is -4.93. The van der Waals surface area contributed by atoms with Crippen LogP contribution in [-0.2, 0) is 44.5 Å². The molecular formula is C71H129BN2O8. The number of esters is 1. The van der Waals surface area contributed by atoms with Crippen molar-refractivity contribution in [1.82, 2.24) is 10.2 Å². The van der Waals surface area contributed by atoms with Gasteiger partial charge in [-0.2, -0.15) is 0 Å². The number of carbonyl (C=O) groups excluding carboxylic acids is 5. The quantitative estimate of drug-likeness (QED) is 0.0352. The molecule has 7 atom stereocenters. The Morgan fingerprint density at radius 3 is 1.48 bits per heavy atom. The number of likely N-dealkylation sites (N-methyl/N-ethyl adjacent to an activating group) is 1. The Bertz CT molecular complexity index is 1880. The number of hydrogen-bond donors (Lipinski definition) is 1. The molecular weight excluding hydrogens is 1020 g/mol. The zero-order chi connectivity index (χ0) is 65.5. The van der Waals surface area contributed by atoms with E-state index in [2.05, 4.69) is 137 Å². The summed E-state index contributed by atoms with van der Waals surface area (Å²) in [6.07, 6.45) is 9.82. The molecule has 474 valence electrons. The smallest absolute Gasteiger partial charge is 0.329 e. The molecule has 7 unspecified atom stereocenters. The summed E-state index contributed by atoms with van der Waals surface area (Å²) in [5.41, 5.74) is 4.72. The molecule has 0 spiro atoms. The van der Waals surface area contributed by atoms with Crippen molar-refractivity contribution in [2.75, 3.05) is 20.7 Å². The number of amides is 1. The van der Waals surface area contributed by atoms with E-state index in [1.165, 1.54) is 23.6 Å². The Morgan fingerprint density at radius 1 is 0.634 bits per heavy atom. The Balaban J connectivity index is -0.000000188. The van der Waals surface area contributed by atoms with Gasteiger partial charge in [0.1, 0.15) is 18.4 Å². The SMILES string of the molecule is C=C(OC(C)C(=O)CC)C(CCC(C)C(=O)C(C)CCC)CC(C)C.C=C(OC/C(=C/CC)N(C)C(CC(C)C)C(=O)OC(C)C(C)=O)C(C)CC(C)C.CC.CC.CC.CC.CNC=O.Cc1ccccc1.[B]Cc1ccc(C)cc1. The van der Waals surface area contributed by atoms with Crippen LogP contribution < -0.4 is 5.32 Å². The van der Waals surface area contributed by atoms with Crippen LogP contribution >= 0.6 is 0 Å². The van der Waals surface area contributed by atoms with E-state index in [1.807, 2.05) is 106 Å². The minimum absolute atomic E-state index is 0.0682. The van der Waals surface area contributed by atoms with E-state index in [9.17, 15) is 19.2 Å². The van der Waals surface area contributed by atoms with Crippen LogP contribution in [0, 0.1) is 55.3 Å². The highest BCUT2D eigenvalue weighted by Crippen LogP contribution is 2.29. The molecule has 0 saturated heterocycles. The summed E-state index contributed by atoms with van der Waals surface area (Å²) in [5.74, 6) is 3.47. The van der Waals surface area contributed by atoms with Crippen LogP contribution in [0.5, 0.6) is 0 Å². The van der Waals surface area contributed by atoms with Gasteiger partial charge < -0.3 is 24.4 Å². The first-order chi connectivity index (χ1) is 38.7. The van der Waals surface area contributed by atoms with Gasteiger partial charge in [0.2, 0.25) is 6.41 Å². The zero-order valence-corrected chi connectivity index (χ0v) is 58.1. The molecule has 0 aliphatic rings. The highest BCUT2D eigenvalue weighted by Gasteiger charge is 2.30. The lowest BCUT2D eigenvalue weighted by atomic mass is 9.84. The van der Waals surface area contributed by atoms with Crippen molar-refractivity contribution >= 4 is 37.6 Å². The van der Waals surface area contributed by atoms with Gasteiger partial charge in [0.05, 0.1) is 19.4 Å². The van der Waals surface area contributed by atoms with Crippen molar-refractivity contribution in [2.45, 2.75) is 255 Å². The van der Waals surface area contributed by atoms with Gasteiger partial charge in [0.15, 0.2) is 23.8 Å². The third-order valence-corrected chi connectivity index (χ3v) is 12.4. The average Bonchev–Trinajstić information content (AvgIpc) is 3.46. The van der Waals surface area contributed by atoms with E-state index < -0.39 is 18.2 Å². The summed E-state index contributed by atoms with van der Waals surface area (Å²) in [6, 6.07) is 18.0. The van der Waals surface area contributed by atoms with E-state index in [-0.39, 0.29) is 41.2 Å². The van der Waals surface area contributed by atoms with E-state index >= 15 is 0 Å². The molecule has 11 heteroatoms. The van der Waals surface area contributed by atoms with Crippen molar-refractivity contribution in [3.05, 3.63) is 108 Å². The monoisotopic (exact) mass is 1150 g/mol. The molecule has 2 rings (SSSR count). The highest BCUT2D eigenvalue weighted by molar-refractivity contribution is 6.08. The van der Waals surface area contributed by atoms with E-state index in [1.54, 1.807) is 20.9 Å². The molecule has 0 aromatic heterocycles. The fourth-order valence-corrected chi connectivity index (χ4v) is 7.65. The van der Waals surface area contributed by atoms with Gasteiger partial charge in [-0.1, -0.05) is 242 Å². The van der Waals surface area contributed by atoms with Crippen molar-refractivity contribution < 1.29 is 38.2 Å². The largest absolute Gasteiger partial charge is 0.492 e. The first-order valence-corrected chi connectivity index (χ1v) is 31.4. The first-order valence-electron chi connectivity index (χ1n) is 31.4. The number of rotatable bonds is 30. The summed E-state index contributed by atoms with van der Waals surface area (Å²) in [6.45, 7) is 58.6. The van der Waals surface area contributed by atoms with Crippen LogP contribution in [0.2, 0.25) is 0 Å². The minimum atomic E-state index is -0.739. The minimum Gasteiger partial charge on any atom is -0.492 e. The molecule has 2 aromatic rings. The predicted octanol–water partition coefficient (Wildman–Crippen LogP) is 18.5. The average molecular weight is 1150 g/mol. The van der Waals surface area contributed by atoms with Gasteiger partial charge >= 0.3 is 5.97 Å². The summed E-state index contributed by atoms with van der Waals surface area (Å²) in [7, 11) is 8.85. The molecule has 0 saturated carbocycles. The van der Waals surface area contributed by atoms with Gasteiger partial charge in [-0.3, -0.25) is 19.2 Å². The number of Topliss-reactive ketones (excluding diaryl/α,β-unsaturated/α-hetero) is 3. The molecule has 1 N–H and O–H groups in total. The van der Waals surface area contributed by atoms with Crippen LogP contribution in [-0.4, -0.2) is 81.4 Å². The molecule has 0 bridgehead atoms. The molecule has 0 heterocycles. The number of carbonyl (C=O) groups is 5. The number of aryl methyl sites for hydroxylation is 2. The third kappa shape index (κ3) is 50.8. The second-order valence-electron chi connectivity index (χ2n) is 21.0. The second kappa shape index (κ2) is 60.7. The van der Waals surface area contributed by atoms with Crippen molar-refractivity contribution in [2.24, 2.45) is 41.4 Å². The molecule has 2 radical (unpaired) electrons. The summed E-state index contributed by atoms with van der Waals surface area (Å²) in [5, 5.41) is 2.25. The molecule has 2 aromatic carbocycles. The van der Waals surface area contributed by atoms with Gasteiger partial charge in [0.25, 0.3) is 0 Å². The van der Waals surface area contributed by atoms with Gasteiger partial charge in [-0.05, 0) is 97.3 Å². The van der Waals surface area contributed by atoms with Crippen LogP contribution in [0.1, 0.15) is 234 Å². The van der Waals surface area contributed by atoms with Gasteiger partial charge in [-0.15, -0.1) is 0 Å². The fraction of sp³-hybridized carbons (Fsp3) is 0.676. The Kier molecular flexibility index (Phi) is 67.2. The van der Waals surface area contributed by atoms with Crippen molar-refractivity contribution in [3.63, 3.8) is 0 Å². The molecule has 0 fully saturated rings. The first kappa shape index (κ1) is 90.8. The maximum absolute atomic E-state index is 12.8. The van der Waals surface area contributed by atoms with Crippen LogP contribution in [0.3, 0.4) is 0 Å². The Labute approximate surface area is 509 Å². The number of ketones is 3. The van der Waals surface area contributed by atoms with Crippen molar-refractivity contribution in [1.29, 1.82) is 0 Å². The maximum atomic E-state index is 12.8. The molecule has 82 heavy (non-hydrogen) atoms. The lowest BCUT2D eigenvalue weighted by Gasteiger charge is -2.32. The number of allylic oxidation sites excluding steroid dienone is 3. The molecule has 0 aliphatic heterocycles. The second-order valence-corrected chi connectivity index (χ2v) is 21.0. The lowest BCUT2D eigenvalue weighted by Crippen LogP contribution is -2.42. The lowest BCUT2D eigenvalue weighted by molar-refractivity contribution is -0.158. The Morgan fingerprint density at radius 2 is 1.10 bits per heavy atom. The summed E-state index contributed by atoms with van der Waals surface area (Å²) >= 11 is 0.